The third-order valence-electron chi connectivity index (χ3n) is 5.17. The summed E-state index contributed by atoms with van der Waals surface area (Å²) in [5.41, 5.74) is 6.45. The molecule has 1 aliphatic heterocycles. The van der Waals surface area contributed by atoms with Crippen LogP contribution in [0.5, 0.6) is 0 Å². The number of hydrogen-bond acceptors (Lipinski definition) is 2. The zero-order valence-corrected chi connectivity index (χ0v) is 15.1. The standard InChI is InChI=1S/C23H22N2O/c1-16-9-3-6-12-20(16)24-23(26)19-15-17-10-4-7-13-21(17)25(2)22-14-8-5-11-18(19)22/h3-14,19H,15H2,1-2H3,(H,24,26). The van der Waals surface area contributed by atoms with Crippen LogP contribution in [0.25, 0.3) is 0 Å². The number of carbonyl (C=O) groups is 1. The van der Waals surface area contributed by atoms with Crippen LogP contribution >= 0.6 is 0 Å². The summed E-state index contributed by atoms with van der Waals surface area (Å²) in [6.45, 7) is 2.01. The van der Waals surface area contributed by atoms with Gasteiger partial charge in [0.15, 0.2) is 0 Å². The summed E-state index contributed by atoms with van der Waals surface area (Å²) >= 11 is 0. The first-order valence-electron chi connectivity index (χ1n) is 8.92. The molecular weight excluding hydrogens is 320 g/mol. The van der Waals surface area contributed by atoms with Gasteiger partial charge in [0.2, 0.25) is 5.91 Å². The molecule has 1 amide bonds. The molecule has 1 unspecified atom stereocenters. The predicted molar refractivity (Wildman–Crippen MR) is 107 cm³/mol. The Labute approximate surface area is 154 Å². The minimum atomic E-state index is -0.225. The van der Waals surface area contributed by atoms with E-state index in [1.54, 1.807) is 0 Å². The van der Waals surface area contributed by atoms with E-state index in [0.29, 0.717) is 6.42 Å². The van der Waals surface area contributed by atoms with Gasteiger partial charge in [-0.25, -0.2) is 0 Å². The second-order valence-electron chi connectivity index (χ2n) is 6.81. The fraction of sp³-hybridized carbons (Fsp3) is 0.174. The molecule has 0 radical (unpaired) electrons. The van der Waals surface area contributed by atoms with Crippen molar-refractivity contribution in [2.45, 2.75) is 19.3 Å². The van der Waals surface area contributed by atoms with E-state index in [-0.39, 0.29) is 11.8 Å². The van der Waals surface area contributed by atoms with Crippen molar-refractivity contribution in [1.82, 2.24) is 0 Å². The van der Waals surface area contributed by atoms with Crippen molar-refractivity contribution < 1.29 is 4.79 Å². The molecule has 1 aliphatic rings. The van der Waals surface area contributed by atoms with Gasteiger partial charge in [0.1, 0.15) is 0 Å². The van der Waals surface area contributed by atoms with Gasteiger partial charge in [-0.05, 0) is 48.2 Å². The smallest absolute Gasteiger partial charge is 0.232 e. The van der Waals surface area contributed by atoms with Gasteiger partial charge in [-0.2, -0.15) is 0 Å². The van der Waals surface area contributed by atoms with E-state index in [1.165, 1.54) is 5.56 Å². The minimum Gasteiger partial charge on any atom is -0.344 e. The lowest BCUT2D eigenvalue weighted by Gasteiger charge is -2.22. The average molecular weight is 342 g/mol. The van der Waals surface area contributed by atoms with Gasteiger partial charge in [0.05, 0.1) is 5.92 Å². The van der Waals surface area contributed by atoms with Crippen LogP contribution in [0, 0.1) is 6.92 Å². The summed E-state index contributed by atoms with van der Waals surface area (Å²) in [5, 5.41) is 3.14. The summed E-state index contributed by atoms with van der Waals surface area (Å²) in [4.78, 5) is 15.4. The highest BCUT2D eigenvalue weighted by atomic mass is 16.1. The Bertz CT molecular complexity index is 964. The van der Waals surface area contributed by atoms with Crippen LogP contribution < -0.4 is 10.2 Å². The maximum Gasteiger partial charge on any atom is 0.232 e. The topological polar surface area (TPSA) is 32.3 Å². The Kier molecular flexibility index (Phi) is 4.21. The Morgan fingerprint density at radius 2 is 1.58 bits per heavy atom. The normalized spacial score (nSPS) is 15.6. The van der Waals surface area contributed by atoms with Crippen molar-refractivity contribution in [2.24, 2.45) is 0 Å². The molecule has 3 aromatic carbocycles. The average Bonchev–Trinajstić information content (AvgIpc) is 2.79. The number of para-hydroxylation sites is 3. The second kappa shape index (κ2) is 6.68. The number of amides is 1. The monoisotopic (exact) mass is 342 g/mol. The number of rotatable bonds is 2. The first-order valence-corrected chi connectivity index (χ1v) is 8.92. The number of benzene rings is 3. The fourth-order valence-corrected chi connectivity index (χ4v) is 3.72. The molecule has 0 spiro atoms. The van der Waals surface area contributed by atoms with Crippen LogP contribution in [0.2, 0.25) is 0 Å². The van der Waals surface area contributed by atoms with E-state index in [2.05, 4.69) is 41.5 Å². The second-order valence-corrected chi connectivity index (χ2v) is 6.81. The van der Waals surface area contributed by atoms with Crippen LogP contribution in [-0.4, -0.2) is 13.0 Å². The predicted octanol–water partition coefficient (Wildman–Crippen LogP) is 5.04. The molecule has 0 bridgehead atoms. The first kappa shape index (κ1) is 16.4. The molecule has 1 atom stereocenters. The van der Waals surface area contributed by atoms with Gasteiger partial charge >= 0.3 is 0 Å². The van der Waals surface area contributed by atoms with E-state index >= 15 is 0 Å². The largest absolute Gasteiger partial charge is 0.344 e. The van der Waals surface area contributed by atoms with Crippen LogP contribution in [-0.2, 0) is 11.2 Å². The van der Waals surface area contributed by atoms with E-state index in [9.17, 15) is 4.79 Å². The molecule has 130 valence electrons. The summed E-state index contributed by atoms with van der Waals surface area (Å²) < 4.78 is 0. The molecule has 26 heavy (non-hydrogen) atoms. The van der Waals surface area contributed by atoms with Crippen molar-refractivity contribution in [3.05, 3.63) is 89.5 Å². The van der Waals surface area contributed by atoms with Crippen LogP contribution in [0.15, 0.2) is 72.8 Å². The van der Waals surface area contributed by atoms with E-state index in [0.717, 1.165) is 28.2 Å². The molecule has 1 heterocycles. The fourth-order valence-electron chi connectivity index (χ4n) is 3.72. The molecule has 4 rings (SSSR count). The molecule has 0 aliphatic carbocycles. The molecular formula is C23H22N2O. The highest BCUT2D eigenvalue weighted by Gasteiger charge is 2.29. The number of carbonyl (C=O) groups excluding carboxylic acids is 1. The maximum absolute atomic E-state index is 13.2. The first-order chi connectivity index (χ1) is 12.6. The number of nitrogens with zero attached hydrogens (tertiary/aromatic N) is 1. The molecule has 0 fully saturated rings. The van der Waals surface area contributed by atoms with Crippen molar-refractivity contribution in [3.63, 3.8) is 0 Å². The van der Waals surface area contributed by atoms with Gasteiger partial charge in [0.25, 0.3) is 0 Å². The van der Waals surface area contributed by atoms with Gasteiger partial charge in [-0.15, -0.1) is 0 Å². The van der Waals surface area contributed by atoms with E-state index in [1.807, 2.05) is 55.5 Å². The van der Waals surface area contributed by atoms with Crippen molar-refractivity contribution >= 4 is 23.0 Å². The Balaban J connectivity index is 1.77. The molecule has 0 saturated heterocycles. The quantitative estimate of drug-likeness (QED) is 0.707. The lowest BCUT2D eigenvalue weighted by Crippen LogP contribution is -2.23. The molecule has 3 heteroatoms. The molecule has 0 aromatic heterocycles. The zero-order chi connectivity index (χ0) is 18.1. The van der Waals surface area contributed by atoms with Crippen molar-refractivity contribution in [3.8, 4) is 0 Å². The zero-order valence-electron chi connectivity index (χ0n) is 15.1. The summed E-state index contributed by atoms with van der Waals surface area (Å²) in [6.07, 6.45) is 0.690. The third-order valence-corrected chi connectivity index (χ3v) is 5.17. The molecule has 1 N–H and O–H groups in total. The van der Waals surface area contributed by atoms with E-state index < -0.39 is 0 Å². The Morgan fingerprint density at radius 3 is 2.38 bits per heavy atom. The van der Waals surface area contributed by atoms with Crippen LogP contribution in [0.1, 0.15) is 22.6 Å². The van der Waals surface area contributed by atoms with Crippen molar-refractivity contribution in [1.29, 1.82) is 0 Å². The number of hydrogen-bond donors (Lipinski definition) is 1. The highest BCUT2D eigenvalue weighted by molar-refractivity contribution is 5.98. The maximum atomic E-state index is 13.2. The molecule has 3 aromatic rings. The minimum absolute atomic E-state index is 0.0388. The van der Waals surface area contributed by atoms with E-state index in [4.69, 9.17) is 0 Å². The molecule has 0 saturated carbocycles. The Morgan fingerprint density at radius 1 is 0.923 bits per heavy atom. The van der Waals surface area contributed by atoms with Gasteiger partial charge in [0, 0.05) is 24.1 Å². The Hall–Kier alpha value is -3.07. The lowest BCUT2D eigenvalue weighted by molar-refractivity contribution is -0.117. The number of fused-ring (bicyclic) bond motifs is 2. The third kappa shape index (κ3) is 2.86. The number of anilines is 3. The summed E-state index contributed by atoms with van der Waals surface area (Å²) in [6, 6.07) is 24.4. The van der Waals surface area contributed by atoms with Gasteiger partial charge < -0.3 is 10.2 Å². The van der Waals surface area contributed by atoms with Crippen LogP contribution in [0.4, 0.5) is 17.1 Å². The summed E-state index contributed by atoms with van der Waals surface area (Å²) in [5.74, 6) is -0.186. The number of aryl methyl sites for hydroxylation is 1. The van der Waals surface area contributed by atoms with Crippen molar-refractivity contribution in [2.75, 3.05) is 17.3 Å². The van der Waals surface area contributed by atoms with Crippen LogP contribution in [0.3, 0.4) is 0 Å². The highest BCUT2D eigenvalue weighted by Crippen LogP contribution is 2.40. The van der Waals surface area contributed by atoms with Gasteiger partial charge in [-0.1, -0.05) is 54.6 Å². The number of nitrogens with one attached hydrogen (secondary N) is 1. The SMILES string of the molecule is Cc1ccccc1NC(=O)C1Cc2ccccc2N(C)c2ccccc21. The summed E-state index contributed by atoms with van der Waals surface area (Å²) in [7, 11) is 2.07. The van der Waals surface area contributed by atoms with Gasteiger partial charge in [-0.3, -0.25) is 4.79 Å². The molecule has 3 nitrogen and oxygen atoms in total. The lowest BCUT2D eigenvalue weighted by atomic mass is 9.91.